The first-order valence-electron chi connectivity index (χ1n) is 4.55. The van der Waals surface area contributed by atoms with Gasteiger partial charge < -0.3 is 5.11 Å². The van der Waals surface area contributed by atoms with E-state index >= 15 is 0 Å². The monoisotopic (exact) mass is 262 g/mol. The Morgan fingerprint density at radius 1 is 1.29 bits per heavy atom. The van der Waals surface area contributed by atoms with Crippen molar-refractivity contribution in [2.75, 3.05) is 0 Å². The van der Waals surface area contributed by atoms with Crippen molar-refractivity contribution in [1.29, 1.82) is 0 Å². The second-order valence-corrected chi connectivity index (χ2v) is 4.39. The fourth-order valence-electron chi connectivity index (χ4n) is 1.08. The minimum absolute atomic E-state index is 0.0719. The summed E-state index contributed by atoms with van der Waals surface area (Å²) in [6, 6.07) is 5.50. The highest BCUT2D eigenvalue weighted by atomic mass is 32.2. The fourth-order valence-corrected chi connectivity index (χ4v) is 1.62. The zero-order valence-corrected chi connectivity index (χ0v) is 9.60. The summed E-state index contributed by atoms with van der Waals surface area (Å²) in [5.41, 5.74) is -3.63. The summed E-state index contributed by atoms with van der Waals surface area (Å²) in [6.45, 7) is 1.42. The van der Waals surface area contributed by atoms with E-state index in [2.05, 4.69) is 0 Å². The number of rotatable bonds is 3. The van der Waals surface area contributed by atoms with E-state index in [1.165, 1.54) is 37.3 Å². The maximum atomic E-state index is 12.0. The van der Waals surface area contributed by atoms with Gasteiger partial charge in [-0.15, -0.1) is 0 Å². The Morgan fingerprint density at radius 2 is 1.82 bits per heavy atom. The third kappa shape index (κ3) is 4.95. The molecule has 0 heterocycles. The minimum Gasteiger partial charge on any atom is -0.478 e. The maximum Gasteiger partial charge on any atom is 0.446 e. The van der Waals surface area contributed by atoms with Gasteiger partial charge in [0.1, 0.15) is 0 Å². The molecule has 0 aliphatic carbocycles. The van der Waals surface area contributed by atoms with Crippen LogP contribution in [0.15, 0.2) is 34.7 Å². The van der Waals surface area contributed by atoms with Gasteiger partial charge in [0.25, 0.3) is 0 Å². The standard InChI is InChI=1S/C11H9F3O2S/c1-7(10(15)16)6-8-2-4-9(5-3-8)17-11(12,13)14/h2-6H,1H3,(H,15,16)/b7-6+. The number of halogens is 3. The first-order chi connectivity index (χ1) is 7.78. The van der Waals surface area contributed by atoms with E-state index in [-0.39, 0.29) is 22.2 Å². The van der Waals surface area contributed by atoms with Gasteiger partial charge in [-0.3, -0.25) is 0 Å². The van der Waals surface area contributed by atoms with Gasteiger partial charge in [-0.1, -0.05) is 12.1 Å². The Labute approximate surface area is 100 Å². The number of carboxylic acid groups (broad SMARTS) is 1. The van der Waals surface area contributed by atoms with Gasteiger partial charge in [0.05, 0.1) is 0 Å². The van der Waals surface area contributed by atoms with Crippen LogP contribution in [-0.2, 0) is 4.79 Å². The Kier molecular flexibility index (Phi) is 4.22. The highest BCUT2D eigenvalue weighted by Gasteiger charge is 2.28. The maximum absolute atomic E-state index is 12.0. The van der Waals surface area contributed by atoms with Crippen LogP contribution in [0.25, 0.3) is 6.08 Å². The van der Waals surface area contributed by atoms with Crippen LogP contribution in [0, 0.1) is 0 Å². The van der Waals surface area contributed by atoms with E-state index in [1.807, 2.05) is 0 Å². The number of hydrogen-bond donors (Lipinski definition) is 1. The lowest BCUT2D eigenvalue weighted by atomic mass is 10.1. The molecule has 0 aliphatic heterocycles. The van der Waals surface area contributed by atoms with Crippen LogP contribution in [0.4, 0.5) is 13.2 Å². The molecule has 0 bridgehead atoms. The van der Waals surface area contributed by atoms with Crippen LogP contribution in [0.5, 0.6) is 0 Å². The molecule has 6 heteroatoms. The summed E-state index contributed by atoms with van der Waals surface area (Å²) in [5, 5.41) is 8.63. The molecule has 1 N–H and O–H groups in total. The lowest BCUT2D eigenvalue weighted by Crippen LogP contribution is -1.98. The second kappa shape index (κ2) is 5.27. The van der Waals surface area contributed by atoms with E-state index in [4.69, 9.17) is 5.11 Å². The van der Waals surface area contributed by atoms with Crippen molar-refractivity contribution in [1.82, 2.24) is 0 Å². The number of alkyl halides is 3. The van der Waals surface area contributed by atoms with Crippen LogP contribution in [0.1, 0.15) is 12.5 Å². The largest absolute Gasteiger partial charge is 0.478 e. The fraction of sp³-hybridized carbons (Fsp3) is 0.182. The molecule has 0 radical (unpaired) electrons. The van der Waals surface area contributed by atoms with Crippen molar-refractivity contribution >= 4 is 23.8 Å². The average Bonchev–Trinajstić information content (AvgIpc) is 2.18. The summed E-state index contributed by atoms with van der Waals surface area (Å²) in [6.07, 6.45) is 1.39. The van der Waals surface area contributed by atoms with Crippen molar-refractivity contribution in [2.45, 2.75) is 17.3 Å². The number of aliphatic carboxylic acids is 1. The molecule has 0 fully saturated rings. The van der Waals surface area contributed by atoms with Crippen LogP contribution in [-0.4, -0.2) is 16.6 Å². The molecule has 1 rings (SSSR count). The number of benzene rings is 1. The van der Waals surface area contributed by atoms with Gasteiger partial charge in [-0.05, 0) is 42.5 Å². The third-order valence-electron chi connectivity index (χ3n) is 1.83. The summed E-state index contributed by atoms with van der Waals surface area (Å²) >= 11 is -0.202. The molecular weight excluding hydrogens is 253 g/mol. The summed E-state index contributed by atoms with van der Waals surface area (Å²) in [5.74, 6) is -1.06. The molecule has 17 heavy (non-hydrogen) atoms. The smallest absolute Gasteiger partial charge is 0.446 e. The zero-order valence-electron chi connectivity index (χ0n) is 8.78. The lowest BCUT2D eigenvalue weighted by Gasteiger charge is -2.05. The van der Waals surface area contributed by atoms with Crippen molar-refractivity contribution in [3.8, 4) is 0 Å². The van der Waals surface area contributed by atoms with Crippen molar-refractivity contribution in [2.24, 2.45) is 0 Å². The lowest BCUT2D eigenvalue weighted by molar-refractivity contribution is -0.132. The molecule has 2 nitrogen and oxygen atoms in total. The van der Waals surface area contributed by atoms with E-state index in [9.17, 15) is 18.0 Å². The molecule has 0 unspecified atom stereocenters. The molecule has 92 valence electrons. The van der Waals surface area contributed by atoms with Crippen LogP contribution >= 0.6 is 11.8 Å². The zero-order chi connectivity index (χ0) is 13.1. The van der Waals surface area contributed by atoms with Crippen molar-refractivity contribution in [3.63, 3.8) is 0 Å². The van der Waals surface area contributed by atoms with Crippen LogP contribution in [0.3, 0.4) is 0 Å². The van der Waals surface area contributed by atoms with Gasteiger partial charge >= 0.3 is 11.5 Å². The van der Waals surface area contributed by atoms with Gasteiger partial charge in [-0.2, -0.15) is 13.2 Å². The normalized spacial score (nSPS) is 12.6. The van der Waals surface area contributed by atoms with Crippen molar-refractivity contribution < 1.29 is 23.1 Å². The number of thioether (sulfide) groups is 1. The third-order valence-corrected chi connectivity index (χ3v) is 2.57. The molecule has 0 saturated heterocycles. The Bertz CT molecular complexity index is 435. The van der Waals surface area contributed by atoms with Gasteiger partial charge in [0, 0.05) is 10.5 Å². The Balaban J connectivity index is 2.82. The van der Waals surface area contributed by atoms with Gasteiger partial charge in [0.2, 0.25) is 0 Å². The highest BCUT2D eigenvalue weighted by molar-refractivity contribution is 8.00. The Hall–Kier alpha value is -1.43. The van der Waals surface area contributed by atoms with Crippen molar-refractivity contribution in [3.05, 3.63) is 35.4 Å². The SMILES string of the molecule is C/C(=C\c1ccc(SC(F)(F)F)cc1)C(=O)O. The highest BCUT2D eigenvalue weighted by Crippen LogP contribution is 2.36. The molecule has 1 aromatic carbocycles. The topological polar surface area (TPSA) is 37.3 Å². The van der Waals surface area contributed by atoms with E-state index in [1.54, 1.807) is 0 Å². The van der Waals surface area contributed by atoms with Crippen LogP contribution < -0.4 is 0 Å². The molecule has 0 saturated carbocycles. The molecule has 0 atom stereocenters. The van der Waals surface area contributed by atoms with E-state index in [0.717, 1.165) is 0 Å². The predicted octanol–water partition coefficient (Wildman–Crippen LogP) is 3.79. The molecule has 1 aromatic rings. The predicted molar refractivity (Wildman–Crippen MR) is 59.6 cm³/mol. The first kappa shape index (κ1) is 13.6. The number of carboxylic acids is 1. The Morgan fingerprint density at radius 3 is 2.24 bits per heavy atom. The molecule has 0 aromatic heterocycles. The second-order valence-electron chi connectivity index (χ2n) is 3.25. The van der Waals surface area contributed by atoms with Gasteiger partial charge in [-0.25, -0.2) is 4.79 Å². The molecule has 0 spiro atoms. The van der Waals surface area contributed by atoms with E-state index in [0.29, 0.717) is 5.56 Å². The summed E-state index contributed by atoms with van der Waals surface area (Å²) in [7, 11) is 0. The quantitative estimate of drug-likeness (QED) is 0.665. The van der Waals surface area contributed by atoms with Gasteiger partial charge in [0.15, 0.2) is 0 Å². The summed E-state index contributed by atoms with van der Waals surface area (Å²) in [4.78, 5) is 10.6. The molecule has 0 aliphatic rings. The van der Waals surface area contributed by atoms with E-state index < -0.39 is 11.5 Å². The summed E-state index contributed by atoms with van der Waals surface area (Å²) < 4.78 is 36.1. The number of hydrogen-bond acceptors (Lipinski definition) is 2. The minimum atomic E-state index is -4.31. The number of carbonyl (C=O) groups is 1. The molecular formula is C11H9F3O2S. The van der Waals surface area contributed by atoms with Crippen LogP contribution in [0.2, 0.25) is 0 Å². The molecule has 0 amide bonds. The first-order valence-corrected chi connectivity index (χ1v) is 5.37. The average molecular weight is 262 g/mol.